The van der Waals surface area contributed by atoms with Gasteiger partial charge < -0.3 is 16.0 Å². The highest BCUT2D eigenvalue weighted by Gasteiger charge is 2.15. The Morgan fingerprint density at radius 1 is 1.89 bits per heavy atom. The highest BCUT2D eigenvalue weighted by Crippen LogP contribution is 1.95. The van der Waals surface area contributed by atoms with Crippen molar-refractivity contribution in [2.75, 3.05) is 7.05 Å². The van der Waals surface area contributed by atoms with Gasteiger partial charge in [0.1, 0.15) is 6.17 Å². The number of amides is 2. The number of carbonyl (C=O) groups excluding carboxylic acids is 1. The van der Waals surface area contributed by atoms with E-state index in [1.807, 2.05) is 0 Å². The van der Waals surface area contributed by atoms with E-state index in [2.05, 4.69) is 5.32 Å². The fourth-order valence-electron chi connectivity index (χ4n) is 0.584. The van der Waals surface area contributed by atoms with Gasteiger partial charge in [-0.15, -0.1) is 0 Å². The highest BCUT2D eigenvalue weighted by atomic mass is 16.2. The standard InChI is InChI=1S/C5H9N3O/c1-8-4(6)2-3-7-5(8)9/h2-4H,6H2,1H3,(H,7,9)/t4-/m0/s1. The van der Waals surface area contributed by atoms with Crippen LogP contribution in [0.15, 0.2) is 12.3 Å². The molecule has 0 aromatic heterocycles. The Hall–Kier alpha value is -1.03. The Balaban J connectivity index is 2.69. The summed E-state index contributed by atoms with van der Waals surface area (Å²) in [6.45, 7) is 0. The summed E-state index contributed by atoms with van der Waals surface area (Å²) in [5, 5.41) is 2.49. The Morgan fingerprint density at radius 3 is 3.00 bits per heavy atom. The first-order chi connectivity index (χ1) is 4.22. The van der Waals surface area contributed by atoms with Gasteiger partial charge in [0, 0.05) is 13.2 Å². The molecule has 0 unspecified atom stereocenters. The van der Waals surface area contributed by atoms with Crippen LogP contribution in [0.5, 0.6) is 0 Å². The number of hydrogen-bond acceptors (Lipinski definition) is 2. The van der Waals surface area contributed by atoms with Gasteiger partial charge in [0.05, 0.1) is 0 Å². The van der Waals surface area contributed by atoms with Crippen LogP contribution < -0.4 is 11.1 Å². The molecule has 4 nitrogen and oxygen atoms in total. The van der Waals surface area contributed by atoms with Crippen molar-refractivity contribution in [2.45, 2.75) is 6.17 Å². The van der Waals surface area contributed by atoms with Crippen molar-refractivity contribution in [1.29, 1.82) is 0 Å². The minimum atomic E-state index is -0.279. The van der Waals surface area contributed by atoms with Gasteiger partial charge in [-0.2, -0.15) is 0 Å². The fraction of sp³-hybridized carbons (Fsp3) is 0.400. The van der Waals surface area contributed by atoms with E-state index in [-0.39, 0.29) is 12.2 Å². The van der Waals surface area contributed by atoms with Crippen molar-refractivity contribution in [3.8, 4) is 0 Å². The topological polar surface area (TPSA) is 58.4 Å². The molecule has 2 amide bonds. The fourth-order valence-corrected chi connectivity index (χ4v) is 0.584. The van der Waals surface area contributed by atoms with Gasteiger partial charge in [-0.25, -0.2) is 4.79 Å². The number of likely N-dealkylation sites (N-methyl/N-ethyl adjacent to an activating group) is 1. The molecule has 0 aromatic rings. The number of hydrogen-bond donors (Lipinski definition) is 2. The summed E-state index contributed by atoms with van der Waals surface area (Å²) in [6.07, 6.45) is 2.98. The SMILES string of the molecule is CN1C(=O)NC=C[C@H]1N. The second-order valence-corrected chi connectivity index (χ2v) is 1.91. The summed E-state index contributed by atoms with van der Waals surface area (Å²) in [4.78, 5) is 12.1. The normalized spacial score (nSPS) is 26.2. The van der Waals surface area contributed by atoms with Crippen molar-refractivity contribution in [3.63, 3.8) is 0 Å². The molecule has 1 atom stereocenters. The van der Waals surface area contributed by atoms with Crippen molar-refractivity contribution < 1.29 is 4.79 Å². The van der Waals surface area contributed by atoms with E-state index in [0.29, 0.717) is 0 Å². The Morgan fingerprint density at radius 2 is 2.56 bits per heavy atom. The lowest BCUT2D eigenvalue weighted by molar-refractivity contribution is 0.200. The van der Waals surface area contributed by atoms with Crippen molar-refractivity contribution >= 4 is 6.03 Å². The molecule has 50 valence electrons. The predicted octanol–water partition coefficient (Wildman–Crippen LogP) is -0.560. The van der Waals surface area contributed by atoms with Crippen LogP contribution >= 0.6 is 0 Å². The molecule has 0 saturated carbocycles. The number of nitrogens with zero attached hydrogens (tertiary/aromatic N) is 1. The molecule has 9 heavy (non-hydrogen) atoms. The lowest BCUT2D eigenvalue weighted by Gasteiger charge is -2.24. The zero-order valence-electron chi connectivity index (χ0n) is 5.16. The van der Waals surface area contributed by atoms with Crippen molar-refractivity contribution in [2.24, 2.45) is 5.73 Å². The molecule has 0 fully saturated rings. The lowest BCUT2D eigenvalue weighted by Crippen LogP contribution is -2.48. The molecule has 1 rings (SSSR count). The van der Waals surface area contributed by atoms with Crippen LogP contribution in [-0.4, -0.2) is 24.1 Å². The molecule has 0 saturated heterocycles. The maximum atomic E-state index is 10.7. The summed E-state index contributed by atoms with van der Waals surface area (Å²) < 4.78 is 0. The third-order valence-corrected chi connectivity index (χ3v) is 1.27. The maximum Gasteiger partial charge on any atom is 0.322 e. The molecule has 4 heteroatoms. The highest BCUT2D eigenvalue weighted by molar-refractivity contribution is 5.76. The van der Waals surface area contributed by atoms with E-state index in [0.717, 1.165) is 0 Å². The molecular formula is C5H9N3O. The minimum Gasteiger partial charge on any atom is -0.315 e. The van der Waals surface area contributed by atoms with Crippen molar-refractivity contribution in [1.82, 2.24) is 10.2 Å². The first kappa shape index (κ1) is 6.10. The maximum absolute atomic E-state index is 10.7. The van der Waals surface area contributed by atoms with Crippen LogP contribution in [0.4, 0.5) is 4.79 Å². The Kier molecular flexibility index (Phi) is 1.40. The van der Waals surface area contributed by atoms with Gasteiger partial charge in [0.15, 0.2) is 0 Å². The lowest BCUT2D eigenvalue weighted by atomic mass is 10.4. The molecule has 0 aromatic carbocycles. The van der Waals surface area contributed by atoms with Crippen molar-refractivity contribution in [3.05, 3.63) is 12.3 Å². The summed E-state index contributed by atoms with van der Waals surface area (Å²) in [7, 11) is 1.64. The average molecular weight is 127 g/mol. The van der Waals surface area contributed by atoms with Crippen LogP contribution in [0.2, 0.25) is 0 Å². The van der Waals surface area contributed by atoms with Gasteiger partial charge in [-0.05, 0) is 6.08 Å². The first-order valence-corrected chi connectivity index (χ1v) is 2.67. The molecule has 0 aliphatic carbocycles. The van der Waals surface area contributed by atoms with Gasteiger partial charge in [0.25, 0.3) is 0 Å². The van der Waals surface area contributed by atoms with Gasteiger partial charge >= 0.3 is 6.03 Å². The smallest absolute Gasteiger partial charge is 0.315 e. The minimum absolute atomic E-state index is 0.162. The van der Waals surface area contributed by atoms with Crippen LogP contribution in [-0.2, 0) is 0 Å². The molecule has 1 aliphatic rings. The van der Waals surface area contributed by atoms with E-state index in [1.165, 1.54) is 4.90 Å². The number of urea groups is 1. The largest absolute Gasteiger partial charge is 0.322 e. The van der Waals surface area contributed by atoms with Gasteiger partial charge in [-0.3, -0.25) is 0 Å². The second-order valence-electron chi connectivity index (χ2n) is 1.91. The number of carbonyl (C=O) groups is 1. The summed E-state index contributed by atoms with van der Waals surface area (Å²) in [6, 6.07) is -0.162. The molecular weight excluding hydrogens is 118 g/mol. The third kappa shape index (κ3) is 1.02. The zero-order valence-corrected chi connectivity index (χ0v) is 5.16. The number of rotatable bonds is 0. The quantitative estimate of drug-likeness (QED) is 0.458. The van der Waals surface area contributed by atoms with Gasteiger partial charge in [-0.1, -0.05) is 0 Å². The molecule has 3 N–H and O–H groups in total. The first-order valence-electron chi connectivity index (χ1n) is 2.67. The average Bonchev–Trinajstić information content (AvgIpc) is 1.83. The number of nitrogens with one attached hydrogen (secondary N) is 1. The molecule has 0 bridgehead atoms. The van der Waals surface area contributed by atoms with Crippen LogP contribution in [0.3, 0.4) is 0 Å². The third-order valence-electron chi connectivity index (χ3n) is 1.27. The van der Waals surface area contributed by atoms with Crippen LogP contribution in [0.1, 0.15) is 0 Å². The monoisotopic (exact) mass is 127 g/mol. The zero-order chi connectivity index (χ0) is 6.85. The molecule has 0 radical (unpaired) electrons. The van der Waals surface area contributed by atoms with E-state index < -0.39 is 0 Å². The van der Waals surface area contributed by atoms with E-state index in [9.17, 15) is 4.79 Å². The summed E-state index contributed by atoms with van der Waals surface area (Å²) in [5.41, 5.74) is 5.45. The van der Waals surface area contributed by atoms with Crippen LogP contribution in [0, 0.1) is 0 Å². The number of nitrogens with two attached hydrogens (primary N) is 1. The Labute approximate surface area is 53.3 Å². The van der Waals surface area contributed by atoms with Gasteiger partial charge in [0.2, 0.25) is 0 Å². The Bertz CT molecular complexity index is 154. The summed E-state index contributed by atoms with van der Waals surface area (Å²) >= 11 is 0. The van der Waals surface area contributed by atoms with E-state index in [4.69, 9.17) is 5.73 Å². The molecule has 1 aliphatic heterocycles. The molecule has 1 heterocycles. The predicted molar refractivity (Wildman–Crippen MR) is 33.4 cm³/mol. The van der Waals surface area contributed by atoms with E-state index >= 15 is 0 Å². The molecule has 0 spiro atoms. The second kappa shape index (κ2) is 2.06. The van der Waals surface area contributed by atoms with E-state index in [1.54, 1.807) is 19.3 Å². The van der Waals surface area contributed by atoms with Crippen LogP contribution in [0.25, 0.3) is 0 Å². The summed E-state index contributed by atoms with van der Waals surface area (Å²) in [5.74, 6) is 0.